The Morgan fingerprint density at radius 1 is 0.970 bits per heavy atom. The molecule has 7 N–H and O–H groups in total. The van der Waals surface area contributed by atoms with Crippen LogP contribution in [0.2, 0.25) is 0 Å². The quantitative estimate of drug-likeness (QED) is 0.145. The molecule has 0 atom stereocenters. The van der Waals surface area contributed by atoms with Gasteiger partial charge in [0.1, 0.15) is 0 Å². The number of aromatic nitrogens is 1. The summed E-state index contributed by atoms with van der Waals surface area (Å²) in [5, 5.41) is 45.2. The smallest absolute Gasteiger partial charge is 1.00 e. The molecule has 0 fully saturated rings. The van der Waals surface area contributed by atoms with E-state index >= 15 is 0 Å². The molecule has 1 aromatic heterocycles. The Kier molecular flexibility index (Phi) is 26.6. The van der Waals surface area contributed by atoms with Crippen molar-refractivity contribution in [2.45, 2.75) is 20.8 Å². The van der Waals surface area contributed by atoms with Crippen molar-refractivity contribution in [3.63, 3.8) is 0 Å². The first-order valence-electron chi connectivity index (χ1n) is 8.48. The molecule has 0 bridgehead atoms. The number of aliphatic carboxylic acids is 1. The van der Waals surface area contributed by atoms with Crippen molar-refractivity contribution in [3.05, 3.63) is 64.8 Å². The summed E-state index contributed by atoms with van der Waals surface area (Å²) in [5.41, 5.74) is 0.367. The number of para-hydroxylation sites is 1. The summed E-state index contributed by atoms with van der Waals surface area (Å²) in [4.78, 5) is 22.7. The van der Waals surface area contributed by atoms with Crippen LogP contribution in [0.5, 0.6) is 0 Å². The average molecular weight is 668 g/mol. The molecule has 1 heterocycles. The maximum Gasteiger partial charge on any atom is 4.00 e. The summed E-state index contributed by atoms with van der Waals surface area (Å²) in [5.74, 6) is -1.01. The van der Waals surface area contributed by atoms with Crippen LogP contribution in [0.1, 0.15) is 20.8 Å². The standard InChI is InChI=1S/C13H9N.C5H10O2.C2H4O2.ClH.HNO3.2H3N.Pt/c1-2-6-11-10(5-1)9-14-13-8-4-3-7-12(11)13;1-5(2,3)4(6)7;3-1-2-4;;2-1(3)4;;;/h1-9H;1-3H3,(H,6,7);1-2H2;1H;(H,2,3,4);2*1H3;/q;;-2;;;;;+4/p-2. The van der Waals surface area contributed by atoms with Crippen LogP contribution < -0.4 is 40.0 Å². The van der Waals surface area contributed by atoms with Gasteiger partial charge in [0.25, 0.3) is 5.09 Å². The molecule has 3 aromatic rings. The van der Waals surface area contributed by atoms with Crippen molar-refractivity contribution in [1.82, 2.24) is 17.3 Å². The first kappa shape index (κ1) is 40.9. The number of rotatable bonds is 1. The number of nitrogens with zero attached hydrogens (tertiary/aromatic N) is 2. The number of hydrogen-bond acceptors (Lipinski definition) is 9. The molecule has 2 aromatic carbocycles. The minimum atomic E-state index is -1.50. The summed E-state index contributed by atoms with van der Waals surface area (Å²) in [6.07, 6.45) is 1.93. The number of pyridine rings is 1. The third kappa shape index (κ3) is 17.8. The molecule has 0 amide bonds. The maximum absolute atomic E-state index is 9.91. The van der Waals surface area contributed by atoms with Crippen LogP contribution >= 0.6 is 0 Å². The van der Waals surface area contributed by atoms with E-state index in [0.717, 1.165) is 5.52 Å². The van der Waals surface area contributed by atoms with Crippen LogP contribution in [0.3, 0.4) is 0 Å². The Hall–Kier alpha value is -2.40. The zero-order valence-corrected chi connectivity index (χ0v) is 21.5. The molecule has 0 aliphatic carbocycles. The molecule has 33 heavy (non-hydrogen) atoms. The third-order valence-corrected chi connectivity index (χ3v) is 3.19. The van der Waals surface area contributed by atoms with E-state index in [2.05, 4.69) is 35.3 Å². The van der Waals surface area contributed by atoms with Gasteiger partial charge in [0.2, 0.25) is 0 Å². The Labute approximate surface area is 212 Å². The fourth-order valence-electron chi connectivity index (χ4n) is 1.81. The SMILES string of the molecule is CC(C)(C)C(=O)[O-].N.N.O=[N+]([O-])O.[Cl-].[O-]CC[O-].[Pt+4].c1ccc2c(c1)cnc1ccccc12. The summed E-state index contributed by atoms with van der Waals surface area (Å²) < 4.78 is 0. The number of benzene rings is 2. The fraction of sp³-hybridized carbons (Fsp3) is 0.300. The molecule has 0 spiro atoms. The number of carboxylic acid groups (broad SMARTS) is 1. The first-order valence-corrected chi connectivity index (χ1v) is 8.48. The first-order chi connectivity index (χ1) is 13.5. The van der Waals surface area contributed by atoms with E-state index in [4.69, 9.17) is 25.5 Å². The molecule has 0 saturated carbocycles. The average Bonchev–Trinajstić information content (AvgIpc) is 2.67. The monoisotopic (exact) mass is 667 g/mol. The van der Waals surface area contributed by atoms with E-state index in [0.29, 0.717) is 0 Å². The Balaban J connectivity index is -0.000000119. The van der Waals surface area contributed by atoms with Crippen molar-refractivity contribution in [3.8, 4) is 0 Å². The van der Waals surface area contributed by atoms with Crippen LogP contribution in [-0.4, -0.2) is 34.5 Å². The Morgan fingerprint density at radius 3 is 1.73 bits per heavy atom. The Morgan fingerprint density at radius 2 is 1.33 bits per heavy atom. The van der Waals surface area contributed by atoms with Gasteiger partial charge in [-0.05, 0) is 11.5 Å². The molecule has 0 unspecified atom stereocenters. The predicted molar refractivity (Wildman–Crippen MR) is 112 cm³/mol. The summed E-state index contributed by atoms with van der Waals surface area (Å²) in [6.45, 7) is 3.83. The van der Waals surface area contributed by atoms with E-state index in [9.17, 15) is 9.90 Å². The largest absolute Gasteiger partial charge is 4.00 e. The number of carboxylic acids is 1. The van der Waals surface area contributed by atoms with Crippen LogP contribution in [0.15, 0.2) is 54.7 Å². The van der Waals surface area contributed by atoms with Crippen molar-refractivity contribution in [1.29, 1.82) is 0 Å². The molecule has 188 valence electrons. The van der Waals surface area contributed by atoms with Gasteiger partial charge in [-0.1, -0.05) is 63.2 Å². The molecule has 0 aliphatic heterocycles. The number of halogens is 1. The molecule has 0 aliphatic rings. The van der Waals surface area contributed by atoms with Gasteiger partial charge in [-0.15, -0.1) is 10.1 Å². The van der Waals surface area contributed by atoms with Crippen LogP contribution in [0.25, 0.3) is 21.7 Å². The molecule has 0 saturated heterocycles. The zero-order chi connectivity index (χ0) is 22.4. The Bertz CT molecular complexity index is 867. The van der Waals surface area contributed by atoms with Gasteiger partial charge in [-0.2, -0.15) is 13.2 Å². The second kappa shape index (κ2) is 21.4. The third-order valence-electron chi connectivity index (χ3n) is 3.19. The van der Waals surface area contributed by atoms with Gasteiger partial charge in [-0.3, -0.25) is 4.98 Å². The molecule has 13 heteroatoms. The summed E-state index contributed by atoms with van der Waals surface area (Å²) in [7, 11) is 0. The van der Waals surface area contributed by atoms with E-state index in [1.165, 1.54) is 16.2 Å². The summed E-state index contributed by atoms with van der Waals surface area (Å²) >= 11 is 0. The van der Waals surface area contributed by atoms with E-state index in [1.807, 2.05) is 24.4 Å². The number of fused-ring (bicyclic) bond motifs is 3. The molecular weight excluding hydrogens is 639 g/mol. The maximum atomic E-state index is 9.91. The van der Waals surface area contributed by atoms with Crippen LogP contribution in [0.4, 0.5) is 0 Å². The molecule has 11 nitrogen and oxygen atoms in total. The van der Waals surface area contributed by atoms with Crippen LogP contribution in [0, 0.1) is 15.5 Å². The van der Waals surface area contributed by atoms with Gasteiger partial charge in [0, 0.05) is 28.4 Å². The molecule has 0 radical (unpaired) electrons. The van der Waals surface area contributed by atoms with E-state index in [-0.39, 0.29) is 45.8 Å². The van der Waals surface area contributed by atoms with Gasteiger partial charge >= 0.3 is 21.1 Å². The topological polar surface area (TPSA) is 233 Å². The minimum Gasteiger partial charge on any atom is -1.00 e. The van der Waals surface area contributed by atoms with Gasteiger partial charge < -0.3 is 50.0 Å². The number of carbonyl (C=O) groups excluding carboxylic acids is 1. The zero-order valence-electron chi connectivity index (χ0n) is 18.5. The second-order valence-corrected chi connectivity index (χ2v) is 6.55. The van der Waals surface area contributed by atoms with E-state index in [1.54, 1.807) is 20.8 Å². The normalized spacial score (nSPS) is 8.64. The van der Waals surface area contributed by atoms with Crippen LogP contribution in [-0.2, 0) is 25.9 Å². The minimum absolute atomic E-state index is 0. The van der Waals surface area contributed by atoms with Crippen molar-refractivity contribution in [2.24, 2.45) is 5.41 Å². The fourth-order valence-corrected chi connectivity index (χ4v) is 1.81. The van der Waals surface area contributed by atoms with E-state index < -0.39 is 29.7 Å². The van der Waals surface area contributed by atoms with Gasteiger partial charge in [0.15, 0.2) is 0 Å². The molecule has 3 rings (SSSR count). The van der Waals surface area contributed by atoms with Crippen molar-refractivity contribution >= 4 is 27.6 Å². The predicted octanol–water partition coefficient (Wildman–Crippen LogP) is -2.14. The second-order valence-electron chi connectivity index (χ2n) is 6.55. The number of hydrogen-bond donors (Lipinski definition) is 3. The molecular formula is C20H29ClN4O7Pt. The van der Waals surface area contributed by atoms with Gasteiger partial charge in [0.05, 0.1) is 5.52 Å². The summed E-state index contributed by atoms with van der Waals surface area (Å²) in [6, 6.07) is 16.6. The van der Waals surface area contributed by atoms with Gasteiger partial charge in [-0.25, -0.2) is 0 Å². The number of carbonyl (C=O) groups is 1. The van der Waals surface area contributed by atoms with Crippen molar-refractivity contribution in [2.75, 3.05) is 13.2 Å². The van der Waals surface area contributed by atoms with Crippen molar-refractivity contribution < 1.29 is 63.9 Å².